The van der Waals surface area contributed by atoms with Gasteiger partial charge in [-0.2, -0.15) is 0 Å². The molecule has 1 aliphatic carbocycles. The van der Waals surface area contributed by atoms with E-state index in [4.69, 9.17) is 9.47 Å². The summed E-state index contributed by atoms with van der Waals surface area (Å²) in [5.41, 5.74) is 4.82. The summed E-state index contributed by atoms with van der Waals surface area (Å²) >= 11 is 0. The molecule has 0 saturated heterocycles. The number of aromatic nitrogens is 1. The summed E-state index contributed by atoms with van der Waals surface area (Å²) in [7, 11) is 0. The van der Waals surface area contributed by atoms with Gasteiger partial charge < -0.3 is 14.8 Å². The number of allylic oxidation sites excluding steroid dienone is 1. The fourth-order valence-electron chi connectivity index (χ4n) is 5.13. The van der Waals surface area contributed by atoms with E-state index in [0.717, 1.165) is 42.4 Å². The summed E-state index contributed by atoms with van der Waals surface area (Å²) in [4.78, 5) is 45.0. The Hall–Kier alpha value is -4.66. The second kappa shape index (κ2) is 14.6. The number of carbonyl (C=O) groups excluding carboxylic acids is 3. The largest absolute Gasteiger partial charge is 0.444 e. The first-order chi connectivity index (χ1) is 21.7. The summed E-state index contributed by atoms with van der Waals surface area (Å²) in [6.45, 7) is 13.2. The zero-order valence-corrected chi connectivity index (χ0v) is 28.0. The lowest BCUT2D eigenvalue weighted by Crippen LogP contribution is -2.38. The normalized spacial score (nSPS) is 13.5. The molecular formula is C37H46N4O5. The maximum atomic E-state index is 13.4. The number of amides is 3. The average Bonchev–Trinajstić information content (AvgIpc) is 2.97. The first kappa shape index (κ1) is 34.2. The quantitative estimate of drug-likeness (QED) is 0.259. The predicted molar refractivity (Wildman–Crippen MR) is 183 cm³/mol. The van der Waals surface area contributed by atoms with E-state index in [0.29, 0.717) is 29.3 Å². The number of anilines is 3. The molecule has 0 fully saturated rings. The molecule has 1 aliphatic rings. The Bertz CT molecular complexity index is 1560. The third kappa shape index (κ3) is 10.2. The highest BCUT2D eigenvalue weighted by atomic mass is 16.6. The zero-order chi connectivity index (χ0) is 33.5. The Kier molecular flexibility index (Phi) is 10.9. The number of aryl methyl sites for hydroxylation is 1. The van der Waals surface area contributed by atoms with Gasteiger partial charge in [0.25, 0.3) is 5.91 Å². The fraction of sp³-hybridized carbons (Fsp3) is 0.405. The van der Waals surface area contributed by atoms with E-state index in [-0.39, 0.29) is 12.5 Å². The lowest BCUT2D eigenvalue weighted by atomic mass is 9.86. The van der Waals surface area contributed by atoms with E-state index in [9.17, 15) is 14.4 Å². The minimum atomic E-state index is -0.693. The van der Waals surface area contributed by atoms with Crippen molar-refractivity contribution in [2.45, 2.75) is 91.8 Å². The standard InChI is InChI=1S/C37H46N4O5/c1-25-15-17-26(18-16-25)30-12-8-9-13-31(30)33(42)39-28-19-21-29(22-20-28)41(35(44)46-37(5,6)7)24-23-27-11-10-14-32(38-27)40-34(43)45-36(2,3)4/h10-11,14-22H,8-9,12-13,23-24H2,1-7H3,(H,39,42)(H,38,40,43). The van der Waals surface area contributed by atoms with Gasteiger partial charge in [-0.3, -0.25) is 15.0 Å². The Labute approximate surface area is 272 Å². The molecule has 1 heterocycles. The van der Waals surface area contributed by atoms with Gasteiger partial charge in [0.15, 0.2) is 0 Å². The van der Waals surface area contributed by atoms with Crippen LogP contribution in [0.25, 0.3) is 5.57 Å². The van der Waals surface area contributed by atoms with Crippen LogP contribution in [-0.2, 0) is 20.7 Å². The summed E-state index contributed by atoms with van der Waals surface area (Å²) in [6.07, 6.45) is 2.98. The smallest absolute Gasteiger partial charge is 0.414 e. The van der Waals surface area contributed by atoms with Crippen molar-refractivity contribution in [2.75, 3.05) is 22.1 Å². The molecule has 0 aliphatic heterocycles. The minimum Gasteiger partial charge on any atom is -0.444 e. The monoisotopic (exact) mass is 626 g/mol. The van der Waals surface area contributed by atoms with E-state index in [1.807, 2.05) is 26.8 Å². The lowest BCUT2D eigenvalue weighted by molar-refractivity contribution is -0.113. The molecule has 2 N–H and O–H groups in total. The van der Waals surface area contributed by atoms with Crippen LogP contribution in [0.2, 0.25) is 0 Å². The van der Waals surface area contributed by atoms with Crippen molar-refractivity contribution in [3.63, 3.8) is 0 Å². The van der Waals surface area contributed by atoms with Crippen LogP contribution in [-0.4, -0.2) is 40.8 Å². The van der Waals surface area contributed by atoms with Crippen LogP contribution in [0.3, 0.4) is 0 Å². The maximum absolute atomic E-state index is 13.4. The molecule has 0 saturated carbocycles. The molecule has 9 heteroatoms. The van der Waals surface area contributed by atoms with Crippen molar-refractivity contribution >= 4 is 40.9 Å². The van der Waals surface area contributed by atoms with E-state index >= 15 is 0 Å². The second-order valence-electron chi connectivity index (χ2n) is 13.6. The van der Waals surface area contributed by atoms with Gasteiger partial charge in [0.2, 0.25) is 0 Å². The van der Waals surface area contributed by atoms with Gasteiger partial charge in [-0.05, 0) is 122 Å². The van der Waals surface area contributed by atoms with Crippen LogP contribution in [0, 0.1) is 6.92 Å². The van der Waals surface area contributed by atoms with Crippen molar-refractivity contribution in [3.8, 4) is 0 Å². The topological polar surface area (TPSA) is 110 Å². The third-order valence-electron chi connectivity index (χ3n) is 7.22. The second-order valence-corrected chi connectivity index (χ2v) is 13.6. The predicted octanol–water partition coefficient (Wildman–Crippen LogP) is 8.69. The fourth-order valence-corrected chi connectivity index (χ4v) is 5.13. The Morgan fingerprint density at radius 1 is 0.804 bits per heavy atom. The van der Waals surface area contributed by atoms with Crippen LogP contribution < -0.4 is 15.5 Å². The molecule has 0 spiro atoms. The Morgan fingerprint density at radius 3 is 2.11 bits per heavy atom. The molecule has 0 radical (unpaired) electrons. The highest BCUT2D eigenvalue weighted by molar-refractivity contribution is 6.09. The van der Waals surface area contributed by atoms with Crippen LogP contribution >= 0.6 is 0 Å². The minimum absolute atomic E-state index is 0.0991. The highest BCUT2D eigenvalue weighted by Gasteiger charge is 2.25. The molecule has 1 aromatic heterocycles. The number of hydrogen-bond donors (Lipinski definition) is 2. The SMILES string of the molecule is Cc1ccc(C2=C(C(=O)Nc3ccc(N(CCc4cccc(NC(=O)OC(C)(C)C)n4)C(=O)OC(C)(C)C)cc3)CCCC2)cc1. The van der Waals surface area contributed by atoms with Crippen LogP contribution in [0.5, 0.6) is 0 Å². The summed E-state index contributed by atoms with van der Waals surface area (Å²) in [6, 6.07) is 20.8. The van der Waals surface area contributed by atoms with Gasteiger partial charge >= 0.3 is 12.2 Å². The van der Waals surface area contributed by atoms with Crippen molar-refractivity contribution in [2.24, 2.45) is 0 Å². The van der Waals surface area contributed by atoms with Crippen LogP contribution in [0.15, 0.2) is 72.3 Å². The van der Waals surface area contributed by atoms with Gasteiger partial charge in [0.1, 0.15) is 17.0 Å². The molecule has 4 rings (SSSR count). The Morgan fingerprint density at radius 2 is 1.46 bits per heavy atom. The lowest BCUT2D eigenvalue weighted by Gasteiger charge is -2.27. The number of pyridine rings is 1. The van der Waals surface area contributed by atoms with Gasteiger partial charge in [-0.15, -0.1) is 0 Å². The van der Waals surface area contributed by atoms with E-state index in [1.165, 1.54) is 5.56 Å². The Balaban J connectivity index is 1.49. The van der Waals surface area contributed by atoms with E-state index in [1.54, 1.807) is 62.1 Å². The molecule has 244 valence electrons. The number of carbonyl (C=O) groups is 3. The summed E-state index contributed by atoms with van der Waals surface area (Å²) in [5.74, 6) is 0.257. The number of rotatable bonds is 8. The molecule has 3 aromatic rings. The van der Waals surface area contributed by atoms with Gasteiger partial charge in [0, 0.05) is 35.6 Å². The third-order valence-corrected chi connectivity index (χ3v) is 7.22. The van der Waals surface area contributed by atoms with Gasteiger partial charge in [-0.25, -0.2) is 14.6 Å². The van der Waals surface area contributed by atoms with E-state index < -0.39 is 23.4 Å². The maximum Gasteiger partial charge on any atom is 0.414 e. The number of ether oxygens (including phenoxy) is 2. The number of nitrogens with one attached hydrogen (secondary N) is 2. The average molecular weight is 627 g/mol. The number of benzene rings is 2. The molecule has 0 bridgehead atoms. The molecule has 0 unspecified atom stereocenters. The van der Waals surface area contributed by atoms with Crippen molar-refractivity contribution in [1.29, 1.82) is 0 Å². The van der Waals surface area contributed by atoms with Crippen LogP contribution in [0.1, 0.15) is 84.0 Å². The zero-order valence-electron chi connectivity index (χ0n) is 28.0. The van der Waals surface area contributed by atoms with Gasteiger partial charge in [0.05, 0.1) is 0 Å². The van der Waals surface area contributed by atoms with Crippen molar-refractivity contribution < 1.29 is 23.9 Å². The molecule has 9 nitrogen and oxygen atoms in total. The van der Waals surface area contributed by atoms with E-state index in [2.05, 4.69) is 46.8 Å². The van der Waals surface area contributed by atoms with Crippen molar-refractivity contribution in [1.82, 2.24) is 4.98 Å². The number of nitrogens with zero attached hydrogens (tertiary/aromatic N) is 2. The molecule has 3 amide bonds. The van der Waals surface area contributed by atoms with Crippen LogP contribution in [0.4, 0.5) is 26.8 Å². The van der Waals surface area contributed by atoms with Crippen molar-refractivity contribution in [3.05, 3.63) is 89.1 Å². The summed E-state index contributed by atoms with van der Waals surface area (Å²) < 4.78 is 11.0. The molecular weight excluding hydrogens is 580 g/mol. The summed E-state index contributed by atoms with van der Waals surface area (Å²) in [5, 5.41) is 5.72. The first-order valence-corrected chi connectivity index (χ1v) is 15.8. The van der Waals surface area contributed by atoms with Gasteiger partial charge in [-0.1, -0.05) is 35.9 Å². The molecule has 2 aromatic carbocycles. The molecule has 46 heavy (non-hydrogen) atoms. The molecule has 0 atom stereocenters. The first-order valence-electron chi connectivity index (χ1n) is 15.8. The number of hydrogen-bond acceptors (Lipinski definition) is 6. The highest BCUT2D eigenvalue weighted by Crippen LogP contribution is 2.33.